The third-order valence-electron chi connectivity index (χ3n) is 2.50. The lowest BCUT2D eigenvalue weighted by Gasteiger charge is -2.03. The topological polar surface area (TPSA) is 46.9 Å². The van der Waals surface area contributed by atoms with Crippen molar-refractivity contribution in [2.75, 3.05) is 5.32 Å². The molecule has 1 aromatic heterocycles. The van der Waals surface area contributed by atoms with Crippen molar-refractivity contribution in [3.05, 3.63) is 47.8 Å². The van der Waals surface area contributed by atoms with E-state index in [1.165, 1.54) is 0 Å². The van der Waals surface area contributed by atoms with Gasteiger partial charge in [0.15, 0.2) is 0 Å². The molecule has 0 saturated carbocycles. The lowest BCUT2D eigenvalue weighted by Crippen LogP contribution is -2.14. The van der Waals surface area contributed by atoms with Gasteiger partial charge < -0.3 is 5.32 Å². The smallest absolute Gasteiger partial charge is 0.228 e. The Bertz CT molecular complexity index is 517. The van der Waals surface area contributed by atoms with E-state index in [1.54, 1.807) is 10.9 Å². The molecule has 0 fully saturated rings. The molecule has 0 bridgehead atoms. The number of carbonyl (C=O) groups is 1. The van der Waals surface area contributed by atoms with Crippen LogP contribution in [-0.4, -0.2) is 15.7 Å². The van der Waals surface area contributed by atoms with Gasteiger partial charge in [0.25, 0.3) is 0 Å². The molecule has 1 amide bonds. The first-order valence-electron chi connectivity index (χ1n) is 5.49. The van der Waals surface area contributed by atoms with Gasteiger partial charge in [-0.15, -0.1) is 0 Å². The van der Waals surface area contributed by atoms with Crippen LogP contribution in [0.15, 0.2) is 36.5 Å². The predicted octanol–water partition coefficient (Wildman–Crippen LogP) is 1.91. The van der Waals surface area contributed by atoms with Crippen molar-refractivity contribution in [2.45, 2.75) is 13.3 Å². The molecule has 1 N–H and O–H groups in total. The molecule has 4 nitrogen and oxygen atoms in total. The highest BCUT2D eigenvalue weighted by atomic mass is 16.1. The van der Waals surface area contributed by atoms with Gasteiger partial charge in [0.1, 0.15) is 0 Å². The lowest BCUT2D eigenvalue weighted by atomic mass is 10.1. The minimum Gasteiger partial charge on any atom is -0.323 e. The number of nitrogens with one attached hydrogen (secondary N) is 1. The molecule has 0 aliphatic carbocycles. The fourth-order valence-corrected chi connectivity index (χ4v) is 1.70. The molecule has 2 rings (SSSR count). The zero-order valence-corrected chi connectivity index (χ0v) is 9.97. The van der Waals surface area contributed by atoms with E-state index >= 15 is 0 Å². The third-order valence-corrected chi connectivity index (χ3v) is 2.50. The zero-order valence-electron chi connectivity index (χ0n) is 9.97. The summed E-state index contributed by atoms with van der Waals surface area (Å²) in [7, 11) is 1.83. The molecule has 1 aromatic carbocycles. The second kappa shape index (κ2) is 4.82. The minimum atomic E-state index is -0.0210. The molecule has 88 valence electrons. The van der Waals surface area contributed by atoms with Gasteiger partial charge >= 0.3 is 0 Å². The highest BCUT2D eigenvalue weighted by Crippen LogP contribution is 2.12. The van der Waals surface area contributed by atoms with Crippen LogP contribution in [0.5, 0.6) is 0 Å². The summed E-state index contributed by atoms with van der Waals surface area (Å²) >= 11 is 0. The fourth-order valence-electron chi connectivity index (χ4n) is 1.70. The number of aromatic nitrogens is 2. The summed E-state index contributed by atoms with van der Waals surface area (Å²) < 4.78 is 1.69. The highest BCUT2D eigenvalue weighted by Gasteiger charge is 2.07. The van der Waals surface area contributed by atoms with Crippen LogP contribution in [0.2, 0.25) is 0 Å². The first kappa shape index (κ1) is 11.4. The quantitative estimate of drug-likeness (QED) is 0.874. The Balaban J connectivity index is 2.01. The maximum absolute atomic E-state index is 11.8. The Hall–Kier alpha value is -2.10. The summed E-state index contributed by atoms with van der Waals surface area (Å²) in [6.07, 6.45) is 2.19. The van der Waals surface area contributed by atoms with Gasteiger partial charge in [-0.05, 0) is 12.5 Å². The number of rotatable bonds is 3. The van der Waals surface area contributed by atoms with E-state index in [9.17, 15) is 4.79 Å². The SMILES string of the molecule is Cc1nn(C)cc1NC(=O)Cc1ccccc1. The van der Waals surface area contributed by atoms with Crippen molar-refractivity contribution in [3.63, 3.8) is 0 Å². The molecule has 0 saturated heterocycles. The number of hydrogen-bond acceptors (Lipinski definition) is 2. The Labute approximate surface area is 100 Å². The van der Waals surface area contributed by atoms with Crippen LogP contribution < -0.4 is 5.32 Å². The van der Waals surface area contributed by atoms with E-state index in [0.717, 1.165) is 16.9 Å². The van der Waals surface area contributed by atoms with Crippen LogP contribution in [-0.2, 0) is 18.3 Å². The number of nitrogens with zero attached hydrogens (tertiary/aromatic N) is 2. The minimum absolute atomic E-state index is 0.0210. The summed E-state index contributed by atoms with van der Waals surface area (Å²) in [5.74, 6) is -0.0210. The molecule has 2 aromatic rings. The van der Waals surface area contributed by atoms with Gasteiger partial charge in [0, 0.05) is 13.2 Å². The van der Waals surface area contributed by atoms with Crippen molar-refractivity contribution in [2.24, 2.45) is 7.05 Å². The molecule has 0 atom stereocenters. The Morgan fingerprint density at radius 2 is 2.06 bits per heavy atom. The van der Waals surface area contributed by atoms with E-state index in [1.807, 2.05) is 44.3 Å². The summed E-state index contributed by atoms with van der Waals surface area (Å²) in [6, 6.07) is 9.67. The van der Waals surface area contributed by atoms with Crippen molar-refractivity contribution in [1.29, 1.82) is 0 Å². The lowest BCUT2D eigenvalue weighted by molar-refractivity contribution is -0.115. The second-order valence-corrected chi connectivity index (χ2v) is 4.01. The van der Waals surface area contributed by atoms with E-state index in [0.29, 0.717) is 6.42 Å². The Kier molecular flexibility index (Phi) is 3.23. The number of hydrogen-bond donors (Lipinski definition) is 1. The summed E-state index contributed by atoms with van der Waals surface area (Å²) in [5.41, 5.74) is 2.61. The molecule has 1 heterocycles. The number of benzene rings is 1. The van der Waals surface area contributed by atoms with Crippen LogP contribution in [0.25, 0.3) is 0 Å². The average molecular weight is 229 g/mol. The molecular formula is C13H15N3O. The first-order chi connectivity index (χ1) is 8.15. The van der Waals surface area contributed by atoms with Crippen molar-refractivity contribution in [3.8, 4) is 0 Å². The van der Waals surface area contributed by atoms with Crippen molar-refractivity contribution in [1.82, 2.24) is 9.78 Å². The van der Waals surface area contributed by atoms with Gasteiger partial charge in [0.2, 0.25) is 5.91 Å². The molecule has 0 spiro atoms. The van der Waals surface area contributed by atoms with E-state index in [2.05, 4.69) is 10.4 Å². The maximum atomic E-state index is 11.8. The van der Waals surface area contributed by atoms with Crippen molar-refractivity contribution >= 4 is 11.6 Å². The second-order valence-electron chi connectivity index (χ2n) is 4.01. The monoisotopic (exact) mass is 229 g/mol. The van der Waals surface area contributed by atoms with Gasteiger partial charge in [-0.1, -0.05) is 30.3 Å². The van der Waals surface area contributed by atoms with Crippen LogP contribution >= 0.6 is 0 Å². The van der Waals surface area contributed by atoms with E-state index in [4.69, 9.17) is 0 Å². The Morgan fingerprint density at radius 3 is 2.65 bits per heavy atom. The van der Waals surface area contributed by atoms with E-state index < -0.39 is 0 Å². The molecule has 0 aliphatic heterocycles. The number of anilines is 1. The van der Waals surface area contributed by atoms with Gasteiger partial charge in [-0.25, -0.2) is 0 Å². The fraction of sp³-hybridized carbons (Fsp3) is 0.231. The summed E-state index contributed by atoms with van der Waals surface area (Å²) in [4.78, 5) is 11.8. The molecule has 0 unspecified atom stereocenters. The highest BCUT2D eigenvalue weighted by molar-refractivity contribution is 5.92. The number of aryl methyl sites for hydroxylation is 2. The molecule has 0 radical (unpaired) electrons. The van der Waals surface area contributed by atoms with E-state index in [-0.39, 0.29) is 5.91 Å². The van der Waals surface area contributed by atoms with Crippen LogP contribution in [0.1, 0.15) is 11.3 Å². The molecule has 4 heteroatoms. The summed E-state index contributed by atoms with van der Waals surface area (Å²) in [6.45, 7) is 1.87. The first-order valence-corrected chi connectivity index (χ1v) is 5.49. The zero-order chi connectivity index (χ0) is 12.3. The maximum Gasteiger partial charge on any atom is 0.228 e. The number of amides is 1. The van der Waals surface area contributed by atoms with Crippen LogP contribution in [0, 0.1) is 6.92 Å². The molecule has 17 heavy (non-hydrogen) atoms. The van der Waals surface area contributed by atoms with Gasteiger partial charge in [-0.2, -0.15) is 5.10 Å². The van der Waals surface area contributed by atoms with Crippen LogP contribution in [0.4, 0.5) is 5.69 Å². The average Bonchev–Trinajstić information content (AvgIpc) is 2.58. The molecular weight excluding hydrogens is 214 g/mol. The standard InChI is InChI=1S/C13H15N3O/c1-10-12(9-16(2)15-10)14-13(17)8-11-6-4-3-5-7-11/h3-7,9H,8H2,1-2H3,(H,14,17). The normalized spacial score (nSPS) is 10.2. The largest absolute Gasteiger partial charge is 0.323 e. The Morgan fingerprint density at radius 1 is 1.35 bits per heavy atom. The summed E-state index contributed by atoms with van der Waals surface area (Å²) in [5, 5.41) is 7.03. The number of carbonyl (C=O) groups excluding carboxylic acids is 1. The van der Waals surface area contributed by atoms with Gasteiger partial charge in [0.05, 0.1) is 17.8 Å². The van der Waals surface area contributed by atoms with Crippen LogP contribution in [0.3, 0.4) is 0 Å². The van der Waals surface area contributed by atoms with Crippen molar-refractivity contribution < 1.29 is 4.79 Å². The third kappa shape index (κ3) is 2.93. The van der Waals surface area contributed by atoms with Gasteiger partial charge in [-0.3, -0.25) is 9.48 Å². The predicted molar refractivity (Wildman–Crippen MR) is 66.7 cm³/mol. The molecule has 0 aliphatic rings.